The Morgan fingerprint density at radius 1 is 1.10 bits per heavy atom. The van der Waals surface area contributed by atoms with Crippen LogP contribution in [-0.2, 0) is 27.8 Å². The number of ether oxygens (including phenoxy) is 3. The maximum atomic E-state index is 12.7. The summed E-state index contributed by atoms with van der Waals surface area (Å²) in [6.45, 7) is 0.422. The van der Waals surface area contributed by atoms with E-state index in [9.17, 15) is 13.2 Å². The highest BCUT2D eigenvalue weighted by Gasteiger charge is 2.27. The lowest BCUT2D eigenvalue weighted by Crippen LogP contribution is -2.41. The van der Waals surface area contributed by atoms with E-state index < -0.39 is 15.9 Å². The molecule has 1 heterocycles. The van der Waals surface area contributed by atoms with Crippen molar-refractivity contribution in [1.82, 2.24) is 9.62 Å². The highest BCUT2D eigenvalue weighted by Crippen LogP contribution is 2.33. The van der Waals surface area contributed by atoms with Crippen LogP contribution < -0.4 is 19.5 Å². The molecule has 0 bridgehead atoms. The van der Waals surface area contributed by atoms with Crippen molar-refractivity contribution < 1.29 is 27.4 Å². The Hall–Kier alpha value is -2.49. The Balaban J connectivity index is 1.50. The van der Waals surface area contributed by atoms with Crippen LogP contribution in [0.1, 0.15) is 11.1 Å². The molecule has 1 amide bonds. The summed E-state index contributed by atoms with van der Waals surface area (Å²) in [4.78, 5) is 11.9. The molecule has 2 aromatic carbocycles. The number of halogens is 1. The minimum atomic E-state index is -3.54. The van der Waals surface area contributed by atoms with Gasteiger partial charge in [-0.1, -0.05) is 11.6 Å². The van der Waals surface area contributed by atoms with Gasteiger partial charge in [0.05, 0.1) is 20.0 Å². The molecule has 0 aromatic heterocycles. The second-order valence-electron chi connectivity index (χ2n) is 6.97. The number of fused-ring (bicyclic) bond motifs is 1. The van der Waals surface area contributed by atoms with Gasteiger partial charge in [0.15, 0.2) is 18.1 Å². The monoisotopic (exact) mass is 468 g/mol. The standard InChI is InChI=1S/C21H25ClN2O6S/c1-28-19-11-15-7-9-24(13-16(15)12-20(19)29-2)31(26,27)10-8-23-21(25)14-30-18-5-3-17(22)4-6-18/h3-6,11-12H,7-10,13-14H2,1-2H3,(H,23,25). The van der Waals surface area contributed by atoms with Crippen LogP contribution in [0.2, 0.25) is 5.02 Å². The highest BCUT2D eigenvalue weighted by atomic mass is 35.5. The van der Waals surface area contributed by atoms with Gasteiger partial charge >= 0.3 is 0 Å². The van der Waals surface area contributed by atoms with Crippen LogP contribution >= 0.6 is 11.6 Å². The average Bonchev–Trinajstić information content (AvgIpc) is 2.77. The Kier molecular flexibility index (Phi) is 7.64. The number of benzene rings is 2. The molecular weight excluding hydrogens is 444 g/mol. The molecule has 0 saturated carbocycles. The van der Waals surface area contributed by atoms with E-state index in [2.05, 4.69) is 5.32 Å². The first-order valence-corrected chi connectivity index (χ1v) is 11.7. The van der Waals surface area contributed by atoms with Gasteiger partial charge in [0.25, 0.3) is 5.91 Å². The van der Waals surface area contributed by atoms with Crippen molar-refractivity contribution in [1.29, 1.82) is 0 Å². The maximum absolute atomic E-state index is 12.7. The minimum Gasteiger partial charge on any atom is -0.493 e. The van der Waals surface area contributed by atoms with Crippen molar-refractivity contribution in [3.05, 3.63) is 52.5 Å². The fraction of sp³-hybridized carbons (Fsp3) is 0.381. The molecule has 10 heteroatoms. The first-order chi connectivity index (χ1) is 14.8. The maximum Gasteiger partial charge on any atom is 0.257 e. The van der Waals surface area contributed by atoms with E-state index in [1.807, 2.05) is 12.1 Å². The van der Waals surface area contributed by atoms with Crippen molar-refractivity contribution in [3.63, 3.8) is 0 Å². The van der Waals surface area contributed by atoms with Gasteiger partial charge in [-0.15, -0.1) is 0 Å². The molecule has 168 valence electrons. The number of nitrogens with one attached hydrogen (secondary N) is 1. The number of amides is 1. The summed E-state index contributed by atoms with van der Waals surface area (Å²) >= 11 is 5.80. The number of methoxy groups -OCH3 is 2. The second-order valence-corrected chi connectivity index (χ2v) is 9.49. The summed E-state index contributed by atoms with van der Waals surface area (Å²) in [6.07, 6.45) is 0.580. The van der Waals surface area contributed by atoms with Crippen molar-refractivity contribution in [2.75, 3.05) is 39.7 Å². The van der Waals surface area contributed by atoms with Crippen molar-refractivity contribution in [3.8, 4) is 17.2 Å². The zero-order valence-corrected chi connectivity index (χ0v) is 19.0. The number of hydrogen-bond acceptors (Lipinski definition) is 6. The molecule has 0 radical (unpaired) electrons. The normalized spacial score (nSPS) is 13.9. The number of sulfonamides is 1. The molecule has 2 aromatic rings. The van der Waals surface area contributed by atoms with Crippen LogP contribution in [0.25, 0.3) is 0 Å². The Labute approximate surface area is 187 Å². The van der Waals surface area contributed by atoms with Crippen LogP contribution in [0.5, 0.6) is 17.2 Å². The quantitative estimate of drug-likeness (QED) is 0.606. The van der Waals surface area contributed by atoms with Gasteiger partial charge in [-0.3, -0.25) is 4.79 Å². The molecule has 1 aliphatic heterocycles. The summed E-state index contributed by atoms with van der Waals surface area (Å²) < 4.78 is 42.9. The van der Waals surface area contributed by atoms with Crippen LogP contribution in [0.4, 0.5) is 0 Å². The van der Waals surface area contributed by atoms with Crippen molar-refractivity contribution in [2.24, 2.45) is 0 Å². The zero-order chi connectivity index (χ0) is 22.4. The Bertz CT molecular complexity index is 1030. The lowest BCUT2D eigenvalue weighted by molar-refractivity contribution is -0.122. The van der Waals surface area contributed by atoms with E-state index in [0.29, 0.717) is 35.2 Å². The van der Waals surface area contributed by atoms with Gasteiger partial charge in [-0.05, 0) is 53.9 Å². The third-order valence-corrected chi connectivity index (χ3v) is 7.01. The van der Waals surface area contributed by atoms with E-state index in [1.165, 1.54) is 4.31 Å². The SMILES string of the molecule is COc1cc2c(cc1OC)CN(S(=O)(=O)CCNC(=O)COc1ccc(Cl)cc1)CC2. The smallest absolute Gasteiger partial charge is 0.257 e. The summed E-state index contributed by atoms with van der Waals surface area (Å²) in [5, 5.41) is 3.15. The van der Waals surface area contributed by atoms with E-state index in [4.69, 9.17) is 25.8 Å². The number of hydrogen-bond donors (Lipinski definition) is 1. The number of carbonyl (C=O) groups is 1. The fourth-order valence-electron chi connectivity index (χ4n) is 3.27. The molecule has 0 saturated heterocycles. The predicted octanol–water partition coefficient (Wildman–Crippen LogP) is 2.24. The summed E-state index contributed by atoms with van der Waals surface area (Å²) in [5.41, 5.74) is 1.92. The zero-order valence-electron chi connectivity index (χ0n) is 17.4. The number of carbonyl (C=O) groups excluding carboxylic acids is 1. The lowest BCUT2D eigenvalue weighted by atomic mass is 10.0. The van der Waals surface area contributed by atoms with Crippen LogP contribution in [-0.4, -0.2) is 58.3 Å². The van der Waals surface area contributed by atoms with Gasteiger partial charge in [0.1, 0.15) is 5.75 Å². The first kappa shape index (κ1) is 23.2. The third kappa shape index (κ3) is 6.03. The van der Waals surface area contributed by atoms with E-state index in [1.54, 1.807) is 38.5 Å². The Morgan fingerprint density at radius 3 is 2.39 bits per heavy atom. The summed E-state index contributed by atoms with van der Waals surface area (Å²) in [7, 11) is -0.427. The van der Waals surface area contributed by atoms with Gasteiger partial charge in [-0.2, -0.15) is 4.31 Å². The predicted molar refractivity (Wildman–Crippen MR) is 117 cm³/mol. The van der Waals surface area contributed by atoms with E-state index >= 15 is 0 Å². The Morgan fingerprint density at radius 2 is 1.74 bits per heavy atom. The van der Waals surface area contributed by atoms with Crippen LogP contribution in [0, 0.1) is 0 Å². The van der Waals surface area contributed by atoms with E-state index in [0.717, 1.165) is 11.1 Å². The van der Waals surface area contributed by atoms with Crippen molar-refractivity contribution in [2.45, 2.75) is 13.0 Å². The molecule has 0 aliphatic carbocycles. The lowest BCUT2D eigenvalue weighted by Gasteiger charge is -2.29. The van der Waals surface area contributed by atoms with Gasteiger partial charge < -0.3 is 19.5 Å². The average molecular weight is 469 g/mol. The molecule has 3 rings (SSSR count). The highest BCUT2D eigenvalue weighted by molar-refractivity contribution is 7.89. The molecular formula is C21H25ClN2O6S. The molecule has 31 heavy (non-hydrogen) atoms. The second kappa shape index (κ2) is 10.2. The fourth-order valence-corrected chi connectivity index (χ4v) is 4.72. The van der Waals surface area contributed by atoms with Crippen LogP contribution in [0.15, 0.2) is 36.4 Å². The van der Waals surface area contributed by atoms with Gasteiger partial charge in [0.2, 0.25) is 10.0 Å². The van der Waals surface area contributed by atoms with Crippen LogP contribution in [0.3, 0.4) is 0 Å². The van der Waals surface area contributed by atoms with E-state index in [-0.39, 0.29) is 25.4 Å². The van der Waals surface area contributed by atoms with Crippen molar-refractivity contribution >= 4 is 27.5 Å². The largest absolute Gasteiger partial charge is 0.493 e. The summed E-state index contributed by atoms with van der Waals surface area (Å²) in [5.74, 6) is 1.11. The molecule has 0 spiro atoms. The third-order valence-electron chi connectivity index (χ3n) is 4.94. The molecule has 8 nitrogen and oxygen atoms in total. The molecule has 0 fully saturated rings. The summed E-state index contributed by atoms with van der Waals surface area (Å²) in [6, 6.07) is 10.3. The molecule has 0 atom stereocenters. The molecule has 1 N–H and O–H groups in total. The molecule has 0 unspecified atom stereocenters. The first-order valence-electron chi connectivity index (χ1n) is 9.69. The van der Waals surface area contributed by atoms with Gasteiger partial charge in [-0.25, -0.2) is 8.42 Å². The molecule has 1 aliphatic rings. The number of nitrogens with zero attached hydrogens (tertiary/aromatic N) is 1. The minimum absolute atomic E-state index is 0.000432. The number of rotatable bonds is 9. The topological polar surface area (TPSA) is 94.2 Å². The van der Waals surface area contributed by atoms with Gasteiger partial charge in [0, 0.05) is 24.7 Å².